The van der Waals surface area contributed by atoms with E-state index in [4.69, 9.17) is 0 Å². The molecule has 0 aromatic heterocycles. The molecule has 0 unspecified atom stereocenters. The molecule has 0 spiro atoms. The summed E-state index contributed by atoms with van der Waals surface area (Å²) in [5.74, 6) is -1.31. The normalized spacial score (nSPS) is 12.8. The van der Waals surface area contributed by atoms with E-state index in [9.17, 15) is 22.4 Å². The van der Waals surface area contributed by atoms with Gasteiger partial charge in [0.15, 0.2) is 0 Å². The third kappa shape index (κ3) is 8.39. The lowest BCUT2D eigenvalue weighted by atomic mass is 10.0. The van der Waals surface area contributed by atoms with Gasteiger partial charge < -0.3 is 10.2 Å². The van der Waals surface area contributed by atoms with Gasteiger partial charge in [-0.05, 0) is 62.1 Å². The highest BCUT2D eigenvalue weighted by Crippen LogP contribution is 2.25. The lowest BCUT2D eigenvalue weighted by molar-refractivity contribution is -0.140. The highest BCUT2D eigenvalue weighted by molar-refractivity contribution is 7.92. The summed E-state index contributed by atoms with van der Waals surface area (Å²) in [7, 11) is -3.85. The average molecular weight is 568 g/mol. The van der Waals surface area contributed by atoms with Crippen molar-refractivity contribution >= 4 is 27.5 Å². The number of carbonyl (C=O) groups is 2. The van der Waals surface area contributed by atoms with E-state index in [2.05, 4.69) is 5.32 Å². The van der Waals surface area contributed by atoms with Crippen molar-refractivity contribution in [1.82, 2.24) is 10.2 Å². The highest BCUT2D eigenvalue weighted by Gasteiger charge is 2.33. The molecule has 2 amide bonds. The molecular weight excluding hydrogens is 529 g/mol. The van der Waals surface area contributed by atoms with Crippen LogP contribution in [0.4, 0.5) is 10.1 Å². The number of aryl methyl sites for hydroxylation is 2. The van der Waals surface area contributed by atoms with Crippen LogP contribution >= 0.6 is 0 Å². The summed E-state index contributed by atoms with van der Waals surface area (Å²) < 4.78 is 40.6. The molecule has 1 N–H and O–H groups in total. The molecule has 0 radical (unpaired) electrons. The van der Waals surface area contributed by atoms with E-state index in [1.807, 2.05) is 57.2 Å². The number of nitrogens with zero attached hydrogens (tertiary/aromatic N) is 2. The number of carbonyl (C=O) groups excluding carboxylic acids is 2. The fraction of sp³-hybridized carbons (Fsp3) is 0.355. The van der Waals surface area contributed by atoms with Crippen molar-refractivity contribution in [2.24, 2.45) is 0 Å². The van der Waals surface area contributed by atoms with E-state index in [0.29, 0.717) is 23.2 Å². The molecule has 3 aromatic carbocycles. The van der Waals surface area contributed by atoms with Crippen LogP contribution in [0.15, 0.2) is 72.8 Å². The number of hydrogen-bond acceptors (Lipinski definition) is 4. The molecule has 2 atom stereocenters. The van der Waals surface area contributed by atoms with Crippen LogP contribution in [0.25, 0.3) is 0 Å². The zero-order chi connectivity index (χ0) is 29.4. The Labute approximate surface area is 237 Å². The number of amides is 2. The predicted molar refractivity (Wildman–Crippen MR) is 157 cm³/mol. The van der Waals surface area contributed by atoms with Crippen molar-refractivity contribution in [2.45, 2.75) is 59.2 Å². The molecule has 214 valence electrons. The average Bonchev–Trinajstić information content (AvgIpc) is 2.90. The van der Waals surface area contributed by atoms with Crippen LogP contribution in [-0.2, 0) is 32.6 Å². The molecule has 0 aliphatic rings. The second kappa shape index (κ2) is 13.6. The Morgan fingerprint density at radius 1 is 0.950 bits per heavy atom. The smallest absolute Gasteiger partial charge is 0.244 e. The molecule has 0 fully saturated rings. The molecule has 0 saturated heterocycles. The Morgan fingerprint density at radius 2 is 1.60 bits per heavy atom. The Hall–Kier alpha value is -3.72. The van der Waals surface area contributed by atoms with Crippen molar-refractivity contribution in [3.05, 3.63) is 101 Å². The zero-order valence-corrected chi connectivity index (χ0v) is 24.5. The molecule has 0 aliphatic carbocycles. The molecule has 3 aromatic rings. The minimum absolute atomic E-state index is 0.00494. The summed E-state index contributed by atoms with van der Waals surface area (Å²) >= 11 is 0. The molecule has 7 nitrogen and oxygen atoms in total. The van der Waals surface area contributed by atoms with Gasteiger partial charge in [0.25, 0.3) is 0 Å². The fourth-order valence-corrected chi connectivity index (χ4v) is 5.37. The van der Waals surface area contributed by atoms with Gasteiger partial charge in [-0.15, -0.1) is 0 Å². The predicted octanol–water partition coefficient (Wildman–Crippen LogP) is 4.76. The largest absolute Gasteiger partial charge is 0.352 e. The lowest BCUT2D eigenvalue weighted by Crippen LogP contribution is -2.54. The summed E-state index contributed by atoms with van der Waals surface area (Å²) in [5, 5.41) is 2.99. The van der Waals surface area contributed by atoms with Crippen LogP contribution in [0.1, 0.15) is 42.5 Å². The van der Waals surface area contributed by atoms with Crippen molar-refractivity contribution in [3.63, 3.8) is 0 Å². The van der Waals surface area contributed by atoms with Gasteiger partial charge in [0.2, 0.25) is 21.8 Å². The Bertz CT molecular complexity index is 1410. The Balaban J connectivity index is 2.07. The quantitative estimate of drug-likeness (QED) is 0.342. The summed E-state index contributed by atoms with van der Waals surface area (Å²) in [4.78, 5) is 29.1. The van der Waals surface area contributed by atoms with Gasteiger partial charge in [-0.2, -0.15) is 0 Å². The fourth-order valence-electron chi connectivity index (χ4n) is 4.46. The number of anilines is 1. The van der Waals surface area contributed by atoms with Crippen LogP contribution in [0, 0.1) is 19.7 Å². The minimum Gasteiger partial charge on any atom is -0.352 e. The first-order valence-electron chi connectivity index (χ1n) is 13.3. The van der Waals surface area contributed by atoms with Crippen LogP contribution in [0.3, 0.4) is 0 Å². The second-order valence-corrected chi connectivity index (χ2v) is 12.1. The summed E-state index contributed by atoms with van der Waals surface area (Å²) in [6.07, 6.45) is 1.98. The molecular formula is C31H38FN3O4S. The SMILES string of the molecule is CC[C@H](C)NC(=O)[C@@H](Cc1ccccc1)N(Cc1ccc(F)cc1)C(=O)CN(c1ccc(C)cc1C)S(C)(=O)=O. The van der Waals surface area contributed by atoms with Crippen LogP contribution in [0.5, 0.6) is 0 Å². The molecule has 0 aliphatic heterocycles. The Kier molecular flexibility index (Phi) is 10.5. The minimum atomic E-state index is -3.85. The van der Waals surface area contributed by atoms with Crippen molar-refractivity contribution in [2.75, 3.05) is 17.1 Å². The zero-order valence-electron chi connectivity index (χ0n) is 23.7. The van der Waals surface area contributed by atoms with Crippen molar-refractivity contribution in [1.29, 1.82) is 0 Å². The number of halogens is 1. The van der Waals surface area contributed by atoms with E-state index >= 15 is 0 Å². The topological polar surface area (TPSA) is 86.8 Å². The lowest BCUT2D eigenvalue weighted by Gasteiger charge is -2.34. The van der Waals surface area contributed by atoms with E-state index in [0.717, 1.165) is 21.7 Å². The van der Waals surface area contributed by atoms with Crippen molar-refractivity contribution in [3.8, 4) is 0 Å². The van der Waals surface area contributed by atoms with E-state index in [1.165, 1.54) is 17.0 Å². The monoisotopic (exact) mass is 567 g/mol. The number of sulfonamides is 1. The van der Waals surface area contributed by atoms with E-state index < -0.39 is 34.3 Å². The number of benzene rings is 3. The van der Waals surface area contributed by atoms with Gasteiger partial charge in [0.1, 0.15) is 18.4 Å². The van der Waals surface area contributed by atoms with Crippen LogP contribution in [-0.4, -0.2) is 50.0 Å². The number of nitrogens with one attached hydrogen (secondary N) is 1. The highest BCUT2D eigenvalue weighted by atomic mass is 32.2. The summed E-state index contributed by atoms with van der Waals surface area (Å²) in [5.41, 5.74) is 3.52. The molecule has 0 saturated carbocycles. The third-order valence-electron chi connectivity index (χ3n) is 6.84. The third-order valence-corrected chi connectivity index (χ3v) is 7.96. The molecule has 3 rings (SSSR count). The van der Waals surface area contributed by atoms with Gasteiger partial charge in [0.05, 0.1) is 11.9 Å². The number of hydrogen-bond donors (Lipinski definition) is 1. The van der Waals surface area contributed by atoms with E-state index in [1.54, 1.807) is 31.2 Å². The first kappa shape index (κ1) is 30.8. The first-order valence-corrected chi connectivity index (χ1v) is 15.2. The molecule has 9 heteroatoms. The second-order valence-electron chi connectivity index (χ2n) is 10.2. The molecule has 40 heavy (non-hydrogen) atoms. The van der Waals surface area contributed by atoms with Crippen molar-refractivity contribution < 1.29 is 22.4 Å². The maximum Gasteiger partial charge on any atom is 0.244 e. The summed E-state index contributed by atoms with van der Waals surface area (Å²) in [6, 6.07) is 19.3. The standard InChI is InChI=1S/C31H38FN3O4S/c1-6-24(4)33-31(37)29(19-25-10-8-7-9-11-25)34(20-26-13-15-27(32)16-14-26)30(36)21-35(40(5,38)39)28-17-12-22(2)18-23(28)3/h7-18,24,29H,6,19-21H2,1-5H3,(H,33,37)/t24-,29+/m0/s1. The van der Waals surface area contributed by atoms with Gasteiger partial charge in [-0.1, -0.05) is 67.1 Å². The van der Waals surface area contributed by atoms with Crippen LogP contribution in [0.2, 0.25) is 0 Å². The van der Waals surface area contributed by atoms with Gasteiger partial charge in [0, 0.05) is 19.0 Å². The van der Waals surface area contributed by atoms with E-state index in [-0.39, 0.29) is 24.9 Å². The van der Waals surface area contributed by atoms with Crippen LogP contribution < -0.4 is 9.62 Å². The van der Waals surface area contributed by atoms with Gasteiger partial charge >= 0.3 is 0 Å². The molecule has 0 bridgehead atoms. The molecule has 0 heterocycles. The van der Waals surface area contributed by atoms with Gasteiger partial charge in [-0.25, -0.2) is 12.8 Å². The number of rotatable bonds is 12. The maximum absolute atomic E-state index is 14.1. The first-order chi connectivity index (χ1) is 18.9. The van der Waals surface area contributed by atoms with Gasteiger partial charge in [-0.3, -0.25) is 13.9 Å². The maximum atomic E-state index is 14.1. The summed E-state index contributed by atoms with van der Waals surface area (Å²) in [6.45, 7) is 7.03. The Morgan fingerprint density at radius 3 is 2.17 bits per heavy atom.